The van der Waals surface area contributed by atoms with E-state index in [0.717, 1.165) is 33.4 Å². The summed E-state index contributed by atoms with van der Waals surface area (Å²) in [6.45, 7) is 2.14. The second kappa shape index (κ2) is 8.40. The van der Waals surface area contributed by atoms with Gasteiger partial charge in [-0.15, -0.1) is 0 Å². The average molecular weight is 501 g/mol. The van der Waals surface area contributed by atoms with E-state index in [1.807, 2.05) is 24.5 Å². The first-order valence-corrected chi connectivity index (χ1v) is 13.2. The van der Waals surface area contributed by atoms with Crippen molar-refractivity contribution in [2.45, 2.75) is 6.92 Å². The van der Waals surface area contributed by atoms with Gasteiger partial charge in [0, 0.05) is 34.5 Å². The number of fused-ring (bicyclic) bond motifs is 6. The van der Waals surface area contributed by atoms with Gasteiger partial charge in [0.15, 0.2) is 0 Å². The Balaban J connectivity index is 1.20. The van der Waals surface area contributed by atoms with Crippen LogP contribution in [-0.4, -0.2) is 19.1 Å². The van der Waals surface area contributed by atoms with Gasteiger partial charge in [0.05, 0.1) is 33.1 Å². The Morgan fingerprint density at radius 2 is 0.974 bits per heavy atom. The number of benzene rings is 4. The third-order valence-corrected chi connectivity index (χ3v) is 7.69. The number of rotatable bonds is 3. The molecule has 0 aliphatic heterocycles. The molecule has 0 aliphatic carbocycles. The van der Waals surface area contributed by atoms with Crippen LogP contribution in [0.15, 0.2) is 128 Å². The van der Waals surface area contributed by atoms with Crippen molar-refractivity contribution in [1.82, 2.24) is 19.1 Å². The van der Waals surface area contributed by atoms with Gasteiger partial charge in [0.2, 0.25) is 0 Å². The average Bonchev–Trinajstić information content (AvgIpc) is 3.50. The molecule has 0 amide bonds. The SMILES string of the molecule is Cc1ccc2c3ncccc3n(-c3ccc(-c4ccc(-n5c6ccccc6c6ncccc65)cc4)cc3)c2c1. The molecule has 0 saturated carbocycles. The molecule has 4 heterocycles. The van der Waals surface area contributed by atoms with E-state index in [1.54, 1.807) is 0 Å². The molecule has 0 saturated heterocycles. The maximum atomic E-state index is 4.69. The fourth-order valence-electron chi connectivity index (χ4n) is 5.89. The van der Waals surface area contributed by atoms with Gasteiger partial charge in [-0.25, -0.2) is 0 Å². The predicted molar refractivity (Wildman–Crippen MR) is 161 cm³/mol. The Labute approximate surface area is 225 Å². The van der Waals surface area contributed by atoms with Gasteiger partial charge in [-0.05, 0) is 84.3 Å². The summed E-state index contributed by atoms with van der Waals surface area (Å²) in [5.74, 6) is 0. The highest BCUT2D eigenvalue weighted by Gasteiger charge is 2.14. The van der Waals surface area contributed by atoms with Crippen LogP contribution in [0, 0.1) is 6.92 Å². The predicted octanol–water partition coefficient (Wildman–Crippen LogP) is 8.65. The lowest BCUT2D eigenvalue weighted by Crippen LogP contribution is -1.95. The minimum Gasteiger partial charge on any atom is -0.308 e. The Morgan fingerprint density at radius 3 is 1.59 bits per heavy atom. The first-order chi connectivity index (χ1) is 19.3. The quantitative estimate of drug-likeness (QED) is 0.243. The normalized spacial score (nSPS) is 11.7. The zero-order valence-electron chi connectivity index (χ0n) is 21.4. The van der Waals surface area contributed by atoms with Gasteiger partial charge >= 0.3 is 0 Å². The van der Waals surface area contributed by atoms with Crippen molar-refractivity contribution in [1.29, 1.82) is 0 Å². The number of nitrogens with zero attached hydrogens (tertiary/aromatic N) is 4. The Morgan fingerprint density at radius 1 is 0.462 bits per heavy atom. The van der Waals surface area contributed by atoms with E-state index >= 15 is 0 Å². The van der Waals surface area contributed by atoms with E-state index in [9.17, 15) is 0 Å². The van der Waals surface area contributed by atoms with Crippen molar-refractivity contribution in [3.63, 3.8) is 0 Å². The van der Waals surface area contributed by atoms with Crippen LogP contribution >= 0.6 is 0 Å². The lowest BCUT2D eigenvalue weighted by Gasteiger charge is -2.11. The standard InChI is InChI=1S/C35H24N4/c1-23-10-19-29-33(22-23)39(32-9-5-21-37-35(29)32)27-17-13-25(14-18-27)24-11-15-26(16-12-24)38-30-7-3-2-6-28(30)34-31(38)8-4-20-36-34/h2-22H,1H3. The molecular formula is C35H24N4. The van der Waals surface area contributed by atoms with Gasteiger partial charge in [-0.3, -0.25) is 9.97 Å². The maximum absolute atomic E-state index is 4.69. The van der Waals surface area contributed by atoms with Crippen molar-refractivity contribution >= 4 is 43.9 Å². The fourth-order valence-corrected chi connectivity index (χ4v) is 5.89. The zero-order chi connectivity index (χ0) is 25.9. The molecule has 0 bridgehead atoms. The van der Waals surface area contributed by atoms with Crippen LogP contribution in [0.5, 0.6) is 0 Å². The van der Waals surface area contributed by atoms with Crippen LogP contribution in [-0.2, 0) is 0 Å². The number of aromatic nitrogens is 4. The lowest BCUT2D eigenvalue weighted by molar-refractivity contribution is 1.17. The largest absolute Gasteiger partial charge is 0.308 e. The Kier molecular flexibility index (Phi) is 4.70. The molecule has 184 valence electrons. The molecule has 0 atom stereocenters. The number of para-hydroxylation sites is 1. The van der Waals surface area contributed by atoms with E-state index in [1.165, 1.54) is 38.5 Å². The molecule has 0 unspecified atom stereocenters. The molecular weight excluding hydrogens is 476 g/mol. The van der Waals surface area contributed by atoms with E-state index in [0.29, 0.717) is 0 Å². The van der Waals surface area contributed by atoms with Crippen LogP contribution in [0.1, 0.15) is 5.56 Å². The van der Waals surface area contributed by atoms with Gasteiger partial charge in [0.25, 0.3) is 0 Å². The number of pyridine rings is 2. The Bertz CT molecular complexity index is 2110. The van der Waals surface area contributed by atoms with Gasteiger partial charge in [-0.2, -0.15) is 0 Å². The van der Waals surface area contributed by atoms with Crippen LogP contribution in [0.25, 0.3) is 66.4 Å². The third-order valence-electron chi connectivity index (χ3n) is 7.69. The van der Waals surface area contributed by atoms with Gasteiger partial charge < -0.3 is 9.13 Å². The zero-order valence-corrected chi connectivity index (χ0v) is 21.4. The van der Waals surface area contributed by atoms with Crippen molar-refractivity contribution in [2.75, 3.05) is 0 Å². The second-order valence-electron chi connectivity index (χ2n) is 10.0. The Hall–Kier alpha value is -5.22. The molecule has 0 spiro atoms. The minimum absolute atomic E-state index is 1.03. The van der Waals surface area contributed by atoms with Crippen molar-refractivity contribution in [2.24, 2.45) is 0 Å². The third kappa shape index (κ3) is 3.32. The monoisotopic (exact) mass is 500 g/mol. The van der Waals surface area contributed by atoms with E-state index in [2.05, 4.69) is 124 Å². The molecule has 4 heteroatoms. The first kappa shape index (κ1) is 21.8. The smallest absolute Gasteiger partial charge is 0.0963 e. The van der Waals surface area contributed by atoms with E-state index in [4.69, 9.17) is 4.98 Å². The number of hydrogen-bond donors (Lipinski definition) is 0. The highest BCUT2D eigenvalue weighted by atomic mass is 15.0. The molecule has 4 nitrogen and oxygen atoms in total. The van der Waals surface area contributed by atoms with Crippen LogP contribution < -0.4 is 0 Å². The summed E-state index contributed by atoms with van der Waals surface area (Å²) in [5, 5.41) is 2.35. The molecule has 8 aromatic rings. The van der Waals surface area contributed by atoms with Crippen molar-refractivity contribution < 1.29 is 0 Å². The first-order valence-electron chi connectivity index (χ1n) is 13.2. The number of hydrogen-bond acceptors (Lipinski definition) is 2. The van der Waals surface area contributed by atoms with Gasteiger partial charge in [0.1, 0.15) is 0 Å². The molecule has 0 fully saturated rings. The highest BCUT2D eigenvalue weighted by Crippen LogP contribution is 2.33. The number of aryl methyl sites for hydroxylation is 1. The van der Waals surface area contributed by atoms with Crippen LogP contribution in [0.3, 0.4) is 0 Å². The summed E-state index contributed by atoms with van der Waals surface area (Å²) < 4.78 is 4.61. The van der Waals surface area contributed by atoms with E-state index in [-0.39, 0.29) is 0 Å². The van der Waals surface area contributed by atoms with Crippen LogP contribution in [0.2, 0.25) is 0 Å². The van der Waals surface area contributed by atoms with Crippen LogP contribution in [0.4, 0.5) is 0 Å². The second-order valence-corrected chi connectivity index (χ2v) is 10.0. The summed E-state index contributed by atoms with van der Waals surface area (Å²) in [6, 6.07) is 41.0. The summed E-state index contributed by atoms with van der Waals surface area (Å²) in [7, 11) is 0. The van der Waals surface area contributed by atoms with Gasteiger partial charge in [-0.1, -0.05) is 54.6 Å². The molecule has 0 N–H and O–H groups in total. The fraction of sp³-hybridized carbons (Fsp3) is 0.0286. The lowest BCUT2D eigenvalue weighted by atomic mass is 10.0. The minimum atomic E-state index is 1.03. The maximum Gasteiger partial charge on any atom is 0.0963 e. The summed E-state index contributed by atoms with van der Waals surface area (Å²) >= 11 is 0. The molecule has 4 aromatic heterocycles. The topological polar surface area (TPSA) is 35.6 Å². The molecule has 0 radical (unpaired) electrons. The summed E-state index contributed by atoms with van der Waals surface area (Å²) in [6.07, 6.45) is 3.73. The molecule has 8 rings (SSSR count). The van der Waals surface area contributed by atoms with Crippen molar-refractivity contribution in [3.8, 4) is 22.5 Å². The van der Waals surface area contributed by atoms with Crippen molar-refractivity contribution in [3.05, 3.63) is 133 Å². The summed E-state index contributed by atoms with van der Waals surface area (Å²) in [4.78, 5) is 9.36. The summed E-state index contributed by atoms with van der Waals surface area (Å²) in [5.41, 5.74) is 12.5. The molecule has 4 aromatic carbocycles. The molecule has 39 heavy (non-hydrogen) atoms. The molecule has 0 aliphatic rings. The van der Waals surface area contributed by atoms with E-state index < -0.39 is 0 Å². The highest BCUT2D eigenvalue weighted by molar-refractivity contribution is 6.08.